The molecular formula is C20H26N2O. The minimum atomic E-state index is -0.0553. The van der Waals surface area contributed by atoms with Crippen LogP contribution in [-0.4, -0.2) is 23.9 Å². The molecule has 2 rings (SSSR count). The summed E-state index contributed by atoms with van der Waals surface area (Å²) in [6.45, 7) is 9.41. The lowest BCUT2D eigenvalue weighted by Gasteiger charge is -2.18. The summed E-state index contributed by atoms with van der Waals surface area (Å²) in [5.74, 6) is -0.0553. The van der Waals surface area contributed by atoms with Gasteiger partial charge in [-0.1, -0.05) is 51.1 Å². The highest BCUT2D eigenvalue weighted by Crippen LogP contribution is 2.17. The van der Waals surface area contributed by atoms with Crippen LogP contribution in [0, 0.1) is 0 Å². The lowest BCUT2D eigenvalue weighted by molar-refractivity contribution is 0.102. The van der Waals surface area contributed by atoms with Crippen LogP contribution in [0.5, 0.6) is 0 Å². The van der Waals surface area contributed by atoms with Crippen LogP contribution in [0.25, 0.3) is 0 Å². The lowest BCUT2D eigenvalue weighted by atomic mass is 10.1. The number of carbonyl (C=O) groups is 1. The second-order valence-electron chi connectivity index (χ2n) is 5.62. The summed E-state index contributed by atoms with van der Waals surface area (Å²) < 4.78 is 0. The van der Waals surface area contributed by atoms with Gasteiger partial charge in [0.05, 0.1) is 0 Å². The van der Waals surface area contributed by atoms with E-state index in [0.29, 0.717) is 5.56 Å². The lowest BCUT2D eigenvalue weighted by Crippen LogP contribution is -2.22. The predicted octanol–water partition coefficient (Wildman–Crippen LogP) is 4.34. The van der Waals surface area contributed by atoms with E-state index in [1.165, 1.54) is 5.56 Å². The van der Waals surface area contributed by atoms with Crippen molar-refractivity contribution in [3.63, 3.8) is 0 Å². The van der Waals surface area contributed by atoms with Gasteiger partial charge in [0.15, 0.2) is 0 Å². The molecule has 0 aliphatic heterocycles. The van der Waals surface area contributed by atoms with Gasteiger partial charge < -0.3 is 5.32 Å². The van der Waals surface area contributed by atoms with Crippen molar-refractivity contribution in [3.05, 3.63) is 65.2 Å². The van der Waals surface area contributed by atoms with Crippen LogP contribution < -0.4 is 5.32 Å². The molecule has 0 saturated carbocycles. The SMILES string of the molecule is CCc1ccccc1NC(=O)c1ccc(CN(CC)CC)cc1. The van der Waals surface area contributed by atoms with Crippen molar-refractivity contribution in [2.75, 3.05) is 18.4 Å². The molecule has 122 valence electrons. The van der Waals surface area contributed by atoms with E-state index in [1.807, 2.05) is 48.5 Å². The van der Waals surface area contributed by atoms with E-state index in [9.17, 15) is 4.79 Å². The maximum atomic E-state index is 12.4. The molecule has 0 spiro atoms. The third kappa shape index (κ3) is 4.67. The van der Waals surface area contributed by atoms with E-state index >= 15 is 0 Å². The molecule has 0 heterocycles. The van der Waals surface area contributed by atoms with Gasteiger partial charge in [0.25, 0.3) is 5.91 Å². The summed E-state index contributed by atoms with van der Waals surface area (Å²) in [5.41, 5.74) is 3.98. The maximum absolute atomic E-state index is 12.4. The molecule has 1 N–H and O–H groups in total. The van der Waals surface area contributed by atoms with Crippen LogP contribution in [0.15, 0.2) is 48.5 Å². The van der Waals surface area contributed by atoms with Crippen LogP contribution in [0.2, 0.25) is 0 Å². The van der Waals surface area contributed by atoms with Crippen molar-refractivity contribution >= 4 is 11.6 Å². The van der Waals surface area contributed by atoms with Gasteiger partial charge in [-0.15, -0.1) is 0 Å². The largest absolute Gasteiger partial charge is 0.322 e. The van der Waals surface area contributed by atoms with E-state index < -0.39 is 0 Å². The van der Waals surface area contributed by atoms with Gasteiger partial charge >= 0.3 is 0 Å². The van der Waals surface area contributed by atoms with Gasteiger partial charge in [0.1, 0.15) is 0 Å². The molecule has 0 aliphatic rings. The number of hydrogen-bond donors (Lipinski definition) is 1. The molecule has 0 saturated heterocycles. The number of benzene rings is 2. The van der Waals surface area contributed by atoms with Crippen LogP contribution in [-0.2, 0) is 13.0 Å². The highest BCUT2D eigenvalue weighted by molar-refractivity contribution is 6.04. The highest BCUT2D eigenvalue weighted by atomic mass is 16.1. The number of rotatable bonds is 7. The Morgan fingerprint density at radius 3 is 2.22 bits per heavy atom. The first kappa shape index (κ1) is 17.2. The summed E-state index contributed by atoms with van der Waals surface area (Å²) in [7, 11) is 0. The van der Waals surface area contributed by atoms with Crippen molar-refractivity contribution in [2.24, 2.45) is 0 Å². The molecule has 2 aromatic rings. The van der Waals surface area contributed by atoms with Gasteiger partial charge in [-0.05, 0) is 48.8 Å². The smallest absolute Gasteiger partial charge is 0.255 e. The minimum absolute atomic E-state index is 0.0553. The van der Waals surface area contributed by atoms with E-state index in [2.05, 4.69) is 31.0 Å². The summed E-state index contributed by atoms with van der Waals surface area (Å²) in [5, 5.41) is 3.01. The monoisotopic (exact) mass is 310 g/mol. The first-order chi connectivity index (χ1) is 11.2. The minimum Gasteiger partial charge on any atom is -0.322 e. The normalized spacial score (nSPS) is 10.8. The molecule has 0 bridgehead atoms. The predicted molar refractivity (Wildman–Crippen MR) is 96.8 cm³/mol. The second-order valence-corrected chi connectivity index (χ2v) is 5.62. The van der Waals surface area contributed by atoms with Crippen molar-refractivity contribution < 1.29 is 4.79 Å². The fourth-order valence-electron chi connectivity index (χ4n) is 2.61. The summed E-state index contributed by atoms with van der Waals surface area (Å²) in [6.07, 6.45) is 0.902. The molecule has 0 unspecified atom stereocenters. The van der Waals surface area contributed by atoms with Gasteiger partial charge in [-0.2, -0.15) is 0 Å². The average Bonchev–Trinajstić information content (AvgIpc) is 2.60. The Hall–Kier alpha value is -2.13. The molecule has 0 aromatic heterocycles. The van der Waals surface area contributed by atoms with Crippen molar-refractivity contribution in [2.45, 2.75) is 33.7 Å². The first-order valence-corrected chi connectivity index (χ1v) is 8.38. The molecule has 3 nitrogen and oxygen atoms in total. The van der Waals surface area contributed by atoms with Gasteiger partial charge in [-0.25, -0.2) is 0 Å². The number of para-hydroxylation sites is 1. The van der Waals surface area contributed by atoms with E-state index in [0.717, 1.165) is 37.3 Å². The number of amides is 1. The van der Waals surface area contributed by atoms with E-state index in [-0.39, 0.29) is 5.91 Å². The third-order valence-electron chi connectivity index (χ3n) is 4.16. The zero-order chi connectivity index (χ0) is 16.7. The summed E-state index contributed by atoms with van der Waals surface area (Å²) >= 11 is 0. The number of nitrogens with one attached hydrogen (secondary N) is 1. The number of anilines is 1. The highest BCUT2D eigenvalue weighted by Gasteiger charge is 2.09. The molecule has 3 heteroatoms. The molecule has 1 amide bonds. The molecule has 0 fully saturated rings. The number of hydrogen-bond acceptors (Lipinski definition) is 2. The summed E-state index contributed by atoms with van der Waals surface area (Å²) in [4.78, 5) is 14.8. The van der Waals surface area contributed by atoms with Gasteiger partial charge in [0, 0.05) is 17.8 Å². The maximum Gasteiger partial charge on any atom is 0.255 e. The Bertz CT molecular complexity index is 630. The number of aryl methyl sites for hydroxylation is 1. The first-order valence-electron chi connectivity index (χ1n) is 8.38. The molecule has 2 aromatic carbocycles. The Labute approximate surface area is 139 Å². The van der Waals surface area contributed by atoms with Gasteiger partial charge in [-0.3, -0.25) is 9.69 Å². The van der Waals surface area contributed by atoms with E-state index in [1.54, 1.807) is 0 Å². The second kappa shape index (κ2) is 8.49. The molecule has 0 atom stereocenters. The number of nitrogens with zero attached hydrogens (tertiary/aromatic N) is 1. The topological polar surface area (TPSA) is 32.3 Å². The zero-order valence-electron chi connectivity index (χ0n) is 14.3. The van der Waals surface area contributed by atoms with Crippen LogP contribution >= 0.6 is 0 Å². The Morgan fingerprint density at radius 2 is 1.61 bits per heavy atom. The molecule has 0 aliphatic carbocycles. The standard InChI is InChI=1S/C20H26N2O/c1-4-17-9-7-8-10-19(17)21-20(23)18-13-11-16(12-14-18)15-22(5-2)6-3/h7-14H,4-6,15H2,1-3H3,(H,21,23). The van der Waals surface area contributed by atoms with Crippen LogP contribution in [0.4, 0.5) is 5.69 Å². The third-order valence-corrected chi connectivity index (χ3v) is 4.16. The van der Waals surface area contributed by atoms with Crippen molar-refractivity contribution in [3.8, 4) is 0 Å². The average molecular weight is 310 g/mol. The van der Waals surface area contributed by atoms with Crippen molar-refractivity contribution in [1.82, 2.24) is 4.90 Å². The quantitative estimate of drug-likeness (QED) is 0.825. The van der Waals surface area contributed by atoms with Crippen LogP contribution in [0.3, 0.4) is 0 Å². The Morgan fingerprint density at radius 1 is 0.957 bits per heavy atom. The van der Waals surface area contributed by atoms with Gasteiger partial charge in [0.2, 0.25) is 0 Å². The molecule has 23 heavy (non-hydrogen) atoms. The molecule has 0 radical (unpaired) electrons. The fourth-order valence-corrected chi connectivity index (χ4v) is 2.61. The summed E-state index contributed by atoms with van der Waals surface area (Å²) in [6, 6.07) is 15.8. The zero-order valence-corrected chi connectivity index (χ0v) is 14.3. The van der Waals surface area contributed by atoms with E-state index in [4.69, 9.17) is 0 Å². The van der Waals surface area contributed by atoms with Crippen LogP contribution in [0.1, 0.15) is 42.3 Å². The fraction of sp³-hybridized carbons (Fsp3) is 0.350. The number of carbonyl (C=O) groups excluding carboxylic acids is 1. The molecular weight excluding hydrogens is 284 g/mol. The van der Waals surface area contributed by atoms with Crippen molar-refractivity contribution in [1.29, 1.82) is 0 Å². The Kier molecular flexibility index (Phi) is 6.36. The Balaban J connectivity index is 2.05.